The third kappa shape index (κ3) is 2.67. The van der Waals surface area contributed by atoms with Gasteiger partial charge in [0.2, 0.25) is 5.95 Å². The van der Waals surface area contributed by atoms with E-state index >= 15 is 0 Å². The molecule has 1 fully saturated rings. The zero-order chi connectivity index (χ0) is 13.1. The molecule has 0 aromatic carbocycles. The summed E-state index contributed by atoms with van der Waals surface area (Å²) in [5.41, 5.74) is 6.76. The van der Waals surface area contributed by atoms with E-state index in [0.29, 0.717) is 18.2 Å². The lowest BCUT2D eigenvalue weighted by atomic mass is 10.3. The number of morpholine rings is 1. The average Bonchev–Trinajstić information content (AvgIpc) is 2.37. The SMILES string of the molecule is Cc1cc(/C(N)=N/O)nc(N2CCOC(C)C2)n1. The third-order valence-electron chi connectivity index (χ3n) is 2.74. The monoisotopic (exact) mass is 251 g/mol. The fraction of sp³-hybridized carbons (Fsp3) is 0.545. The number of amidine groups is 1. The first-order chi connectivity index (χ1) is 8.60. The maximum Gasteiger partial charge on any atom is 0.226 e. The van der Waals surface area contributed by atoms with E-state index in [2.05, 4.69) is 15.1 Å². The molecule has 0 spiro atoms. The van der Waals surface area contributed by atoms with Crippen molar-refractivity contribution in [1.82, 2.24) is 9.97 Å². The molecule has 0 aliphatic carbocycles. The normalized spacial score (nSPS) is 21.1. The zero-order valence-corrected chi connectivity index (χ0v) is 10.5. The molecule has 1 aliphatic heterocycles. The molecular weight excluding hydrogens is 234 g/mol. The number of nitrogens with two attached hydrogens (primary N) is 1. The van der Waals surface area contributed by atoms with Crippen molar-refractivity contribution in [3.05, 3.63) is 17.5 Å². The number of ether oxygens (including phenoxy) is 1. The van der Waals surface area contributed by atoms with E-state index in [1.54, 1.807) is 6.07 Å². The van der Waals surface area contributed by atoms with Gasteiger partial charge < -0.3 is 20.6 Å². The molecule has 0 radical (unpaired) electrons. The Kier molecular flexibility index (Phi) is 3.61. The van der Waals surface area contributed by atoms with Crippen LogP contribution in [-0.4, -0.2) is 46.8 Å². The fourth-order valence-corrected chi connectivity index (χ4v) is 1.88. The number of nitrogens with zero attached hydrogens (tertiary/aromatic N) is 4. The summed E-state index contributed by atoms with van der Waals surface area (Å²) >= 11 is 0. The van der Waals surface area contributed by atoms with Crippen LogP contribution in [-0.2, 0) is 4.74 Å². The molecular formula is C11H17N5O2. The molecule has 3 N–H and O–H groups in total. The van der Waals surface area contributed by atoms with Gasteiger partial charge in [-0.15, -0.1) is 0 Å². The van der Waals surface area contributed by atoms with Crippen LogP contribution >= 0.6 is 0 Å². The minimum absolute atomic E-state index is 0.0111. The van der Waals surface area contributed by atoms with Gasteiger partial charge in [0.25, 0.3) is 0 Å². The maximum atomic E-state index is 8.69. The molecule has 0 bridgehead atoms. The van der Waals surface area contributed by atoms with Crippen molar-refractivity contribution >= 4 is 11.8 Å². The topological polar surface area (TPSA) is 96.9 Å². The van der Waals surface area contributed by atoms with Crippen molar-refractivity contribution in [3.63, 3.8) is 0 Å². The molecule has 7 nitrogen and oxygen atoms in total. The molecule has 0 amide bonds. The van der Waals surface area contributed by atoms with E-state index in [4.69, 9.17) is 15.7 Å². The van der Waals surface area contributed by atoms with Gasteiger partial charge in [0.05, 0.1) is 12.7 Å². The Morgan fingerprint density at radius 3 is 3.06 bits per heavy atom. The summed E-state index contributed by atoms with van der Waals surface area (Å²) in [6.45, 7) is 5.98. The van der Waals surface area contributed by atoms with Crippen LogP contribution in [0.2, 0.25) is 0 Å². The largest absolute Gasteiger partial charge is 0.409 e. The van der Waals surface area contributed by atoms with Gasteiger partial charge in [-0.3, -0.25) is 0 Å². The lowest BCUT2D eigenvalue weighted by Crippen LogP contribution is -2.42. The zero-order valence-electron chi connectivity index (χ0n) is 10.5. The second-order valence-corrected chi connectivity index (χ2v) is 4.31. The van der Waals surface area contributed by atoms with Gasteiger partial charge >= 0.3 is 0 Å². The van der Waals surface area contributed by atoms with Gasteiger partial charge in [-0.25, -0.2) is 9.97 Å². The summed E-state index contributed by atoms with van der Waals surface area (Å²) < 4.78 is 5.47. The first-order valence-electron chi connectivity index (χ1n) is 5.80. The molecule has 1 unspecified atom stereocenters. The summed E-state index contributed by atoms with van der Waals surface area (Å²) in [6, 6.07) is 1.68. The quantitative estimate of drug-likeness (QED) is 0.335. The Morgan fingerprint density at radius 2 is 2.39 bits per heavy atom. The molecule has 1 aromatic heterocycles. The van der Waals surface area contributed by atoms with Crippen molar-refractivity contribution in [1.29, 1.82) is 0 Å². The maximum absolute atomic E-state index is 8.69. The highest BCUT2D eigenvalue weighted by molar-refractivity contribution is 5.95. The summed E-state index contributed by atoms with van der Waals surface area (Å²) in [5, 5.41) is 11.7. The van der Waals surface area contributed by atoms with E-state index in [0.717, 1.165) is 18.8 Å². The van der Waals surface area contributed by atoms with Crippen molar-refractivity contribution in [2.75, 3.05) is 24.6 Å². The van der Waals surface area contributed by atoms with E-state index < -0.39 is 0 Å². The molecule has 0 saturated carbocycles. The standard InChI is InChI=1S/C11H17N5O2/c1-7-5-9(10(12)15-17)14-11(13-7)16-3-4-18-8(2)6-16/h5,8,17H,3-4,6H2,1-2H3,(H2,12,15). The molecule has 7 heteroatoms. The predicted octanol–water partition coefficient (Wildman–Crippen LogP) is 0.105. The molecule has 1 saturated heterocycles. The molecule has 1 atom stereocenters. The number of hydrogen-bond donors (Lipinski definition) is 2. The van der Waals surface area contributed by atoms with Crippen LogP contribution in [0, 0.1) is 6.92 Å². The van der Waals surface area contributed by atoms with Crippen LogP contribution in [0.25, 0.3) is 0 Å². The summed E-state index contributed by atoms with van der Waals surface area (Å²) in [5.74, 6) is 0.579. The molecule has 1 aliphatic rings. The van der Waals surface area contributed by atoms with Crippen molar-refractivity contribution < 1.29 is 9.94 Å². The van der Waals surface area contributed by atoms with Gasteiger partial charge in [-0.05, 0) is 19.9 Å². The lowest BCUT2D eigenvalue weighted by Gasteiger charge is -2.31. The fourth-order valence-electron chi connectivity index (χ4n) is 1.88. The Morgan fingerprint density at radius 1 is 1.61 bits per heavy atom. The van der Waals surface area contributed by atoms with Crippen molar-refractivity contribution in [2.24, 2.45) is 10.9 Å². The smallest absolute Gasteiger partial charge is 0.226 e. The Labute approximate surface area is 105 Å². The van der Waals surface area contributed by atoms with Gasteiger partial charge in [-0.2, -0.15) is 0 Å². The summed E-state index contributed by atoms with van der Waals surface area (Å²) in [4.78, 5) is 10.7. The average molecular weight is 251 g/mol. The number of hydrogen-bond acceptors (Lipinski definition) is 6. The number of rotatable bonds is 2. The minimum atomic E-state index is -0.0111. The Balaban J connectivity index is 2.30. The van der Waals surface area contributed by atoms with Gasteiger partial charge in [0.15, 0.2) is 5.84 Å². The first-order valence-corrected chi connectivity index (χ1v) is 5.80. The summed E-state index contributed by atoms with van der Waals surface area (Å²) in [7, 11) is 0. The predicted molar refractivity (Wildman–Crippen MR) is 66.9 cm³/mol. The van der Waals surface area contributed by atoms with E-state index in [9.17, 15) is 0 Å². The number of aryl methyl sites for hydroxylation is 1. The summed E-state index contributed by atoms with van der Waals surface area (Å²) in [6.07, 6.45) is 0.148. The Hall–Kier alpha value is -1.89. The second-order valence-electron chi connectivity index (χ2n) is 4.31. The number of aromatic nitrogens is 2. The molecule has 2 heterocycles. The van der Waals surface area contributed by atoms with Crippen molar-refractivity contribution in [3.8, 4) is 0 Å². The molecule has 1 aromatic rings. The number of anilines is 1. The van der Waals surface area contributed by atoms with Crippen molar-refractivity contribution in [2.45, 2.75) is 20.0 Å². The first kappa shape index (κ1) is 12.6. The molecule has 18 heavy (non-hydrogen) atoms. The van der Waals surface area contributed by atoms with Crippen LogP contribution in [0.5, 0.6) is 0 Å². The van der Waals surface area contributed by atoms with Crippen LogP contribution in [0.15, 0.2) is 11.2 Å². The van der Waals surface area contributed by atoms with Gasteiger partial charge in [0, 0.05) is 18.8 Å². The van der Waals surface area contributed by atoms with Gasteiger partial charge in [0.1, 0.15) is 5.69 Å². The highest BCUT2D eigenvalue weighted by Gasteiger charge is 2.20. The van der Waals surface area contributed by atoms with Gasteiger partial charge in [-0.1, -0.05) is 5.16 Å². The lowest BCUT2D eigenvalue weighted by molar-refractivity contribution is 0.0526. The van der Waals surface area contributed by atoms with E-state index in [1.165, 1.54) is 0 Å². The number of oxime groups is 1. The third-order valence-corrected chi connectivity index (χ3v) is 2.74. The molecule has 2 rings (SSSR count). The van der Waals surface area contributed by atoms with Crippen LogP contribution in [0.3, 0.4) is 0 Å². The highest BCUT2D eigenvalue weighted by atomic mass is 16.5. The van der Waals surface area contributed by atoms with E-state index in [-0.39, 0.29) is 11.9 Å². The van der Waals surface area contributed by atoms with Crippen LogP contribution < -0.4 is 10.6 Å². The van der Waals surface area contributed by atoms with Crippen LogP contribution in [0.1, 0.15) is 18.3 Å². The molecule has 98 valence electrons. The minimum Gasteiger partial charge on any atom is -0.409 e. The Bertz CT molecular complexity index is 463. The van der Waals surface area contributed by atoms with E-state index in [1.807, 2.05) is 18.7 Å². The van der Waals surface area contributed by atoms with Crippen LogP contribution in [0.4, 0.5) is 5.95 Å². The second kappa shape index (κ2) is 5.18. The highest BCUT2D eigenvalue weighted by Crippen LogP contribution is 2.14.